The van der Waals surface area contributed by atoms with Crippen LogP contribution in [0.3, 0.4) is 0 Å². The lowest BCUT2D eigenvalue weighted by Crippen LogP contribution is -2.71. The lowest BCUT2D eigenvalue weighted by atomic mass is 9.86. The van der Waals surface area contributed by atoms with Gasteiger partial charge in [-0.1, -0.05) is 0 Å². The zero-order chi connectivity index (χ0) is 19.5. The van der Waals surface area contributed by atoms with Crippen molar-refractivity contribution in [2.75, 3.05) is 44.7 Å². The number of likely N-dealkylation sites (N-methyl/N-ethyl adjacent to an activating group) is 1. The number of urea groups is 1. The molecule has 0 bridgehead atoms. The second-order valence-corrected chi connectivity index (χ2v) is 8.17. The molecule has 28 heavy (non-hydrogen) atoms. The van der Waals surface area contributed by atoms with Crippen molar-refractivity contribution in [2.24, 2.45) is 5.92 Å². The van der Waals surface area contributed by atoms with E-state index >= 15 is 0 Å². The van der Waals surface area contributed by atoms with E-state index in [1.165, 1.54) is 0 Å². The van der Waals surface area contributed by atoms with Gasteiger partial charge in [0.1, 0.15) is 0 Å². The minimum atomic E-state index is -0.212. The maximum absolute atomic E-state index is 12.9. The highest BCUT2D eigenvalue weighted by atomic mass is 16.4. The predicted molar refractivity (Wildman–Crippen MR) is 102 cm³/mol. The minimum Gasteiger partial charge on any atom is -0.422 e. The van der Waals surface area contributed by atoms with Crippen molar-refractivity contribution < 1.29 is 14.0 Å². The third-order valence-electron chi connectivity index (χ3n) is 6.36. The van der Waals surface area contributed by atoms with Crippen LogP contribution in [0.1, 0.15) is 18.5 Å². The van der Waals surface area contributed by atoms with Crippen molar-refractivity contribution in [3.63, 3.8) is 0 Å². The van der Waals surface area contributed by atoms with Gasteiger partial charge in [0, 0.05) is 51.4 Å². The molecular weight excluding hydrogens is 360 g/mol. The number of hydrogen-bond donors (Lipinski definition) is 1. The molecule has 1 spiro atoms. The van der Waals surface area contributed by atoms with Crippen molar-refractivity contribution in [3.8, 4) is 0 Å². The van der Waals surface area contributed by atoms with Crippen LogP contribution >= 0.6 is 0 Å². The van der Waals surface area contributed by atoms with Gasteiger partial charge in [0.25, 0.3) is 6.01 Å². The molecule has 3 fully saturated rings. The molecule has 148 valence electrons. The molecule has 9 heteroatoms. The Kier molecular flexibility index (Phi) is 3.75. The van der Waals surface area contributed by atoms with Gasteiger partial charge < -0.3 is 24.4 Å². The van der Waals surface area contributed by atoms with E-state index in [4.69, 9.17) is 4.42 Å². The summed E-state index contributed by atoms with van der Waals surface area (Å²) in [6, 6.07) is 4.33. The monoisotopic (exact) mass is 384 g/mol. The number of carbonyl (C=O) groups is 2. The van der Waals surface area contributed by atoms with Gasteiger partial charge >= 0.3 is 6.03 Å². The van der Waals surface area contributed by atoms with E-state index in [1.54, 1.807) is 11.9 Å². The Labute approximate surface area is 162 Å². The number of anilines is 1. The van der Waals surface area contributed by atoms with Crippen molar-refractivity contribution in [2.45, 2.75) is 25.3 Å². The zero-order valence-electron chi connectivity index (χ0n) is 16.1. The summed E-state index contributed by atoms with van der Waals surface area (Å²) < 4.78 is 5.84. The van der Waals surface area contributed by atoms with E-state index < -0.39 is 0 Å². The molecule has 0 unspecified atom stereocenters. The Morgan fingerprint density at radius 1 is 1.25 bits per heavy atom. The van der Waals surface area contributed by atoms with Crippen LogP contribution < -0.4 is 10.2 Å². The van der Waals surface area contributed by atoms with Crippen LogP contribution in [0, 0.1) is 12.8 Å². The van der Waals surface area contributed by atoms with E-state index in [2.05, 4.69) is 20.2 Å². The molecule has 0 saturated carbocycles. The molecule has 0 atom stereocenters. The second kappa shape index (κ2) is 6.08. The Bertz CT molecular complexity index is 942. The number of carbonyl (C=O) groups excluding carboxylic acids is 2. The van der Waals surface area contributed by atoms with Gasteiger partial charge in [-0.15, -0.1) is 0 Å². The first kappa shape index (κ1) is 17.3. The van der Waals surface area contributed by atoms with Crippen molar-refractivity contribution in [1.29, 1.82) is 0 Å². The highest BCUT2D eigenvalue weighted by Crippen LogP contribution is 2.33. The first-order valence-corrected chi connectivity index (χ1v) is 9.75. The molecule has 0 radical (unpaired) electrons. The predicted octanol–water partition coefficient (Wildman–Crippen LogP) is 0.984. The minimum absolute atomic E-state index is 0.0220. The van der Waals surface area contributed by atoms with Crippen LogP contribution in [0.4, 0.5) is 10.8 Å². The Morgan fingerprint density at radius 2 is 2.00 bits per heavy atom. The Morgan fingerprint density at radius 3 is 2.68 bits per heavy atom. The van der Waals surface area contributed by atoms with Gasteiger partial charge in [-0.05, 0) is 31.9 Å². The number of amides is 3. The van der Waals surface area contributed by atoms with Gasteiger partial charge in [0.15, 0.2) is 5.58 Å². The smallest absolute Gasteiger partial charge is 0.317 e. The number of piperidine rings is 1. The fourth-order valence-corrected chi connectivity index (χ4v) is 4.45. The highest BCUT2D eigenvalue weighted by Gasteiger charge is 2.54. The number of rotatable bonds is 2. The quantitative estimate of drug-likeness (QED) is 0.830. The largest absolute Gasteiger partial charge is 0.422 e. The van der Waals surface area contributed by atoms with Crippen molar-refractivity contribution in [1.82, 2.24) is 25.1 Å². The topological polar surface area (TPSA) is 94.8 Å². The van der Waals surface area contributed by atoms with Crippen molar-refractivity contribution in [3.05, 3.63) is 17.8 Å². The van der Waals surface area contributed by atoms with Gasteiger partial charge in [-0.2, -0.15) is 4.98 Å². The Balaban J connectivity index is 1.19. The third-order valence-corrected chi connectivity index (χ3v) is 6.36. The molecule has 5 heterocycles. The molecular formula is C19H24N6O3. The van der Waals surface area contributed by atoms with Crippen LogP contribution in [-0.2, 0) is 4.79 Å². The fraction of sp³-hybridized carbons (Fsp3) is 0.579. The standard InChI is InChI=1S/C19H24N6O3/c1-12-3-4-14-15(21-12)22-18(28-14)24-7-5-13(6-8-24)16(26)25-10-19(11-25)9-20-17(27)23(19)2/h3-4,13H,5-11H2,1-2H3,(H,20,27). The van der Waals surface area contributed by atoms with Crippen LogP contribution in [0.25, 0.3) is 11.2 Å². The number of oxazole rings is 1. The SMILES string of the molecule is Cc1ccc2oc(N3CCC(C(=O)N4CC5(CNC(=O)N5C)C4)CC3)nc2n1. The number of pyridine rings is 1. The first-order chi connectivity index (χ1) is 13.4. The summed E-state index contributed by atoms with van der Waals surface area (Å²) in [5.41, 5.74) is 2.02. The normalized spacial score (nSPS) is 22.1. The van der Waals surface area contributed by atoms with E-state index in [-0.39, 0.29) is 23.4 Å². The summed E-state index contributed by atoms with van der Waals surface area (Å²) in [4.78, 5) is 39.2. The maximum Gasteiger partial charge on any atom is 0.317 e. The number of aryl methyl sites for hydroxylation is 1. The van der Waals surface area contributed by atoms with E-state index in [0.717, 1.165) is 31.6 Å². The number of hydrogen-bond acceptors (Lipinski definition) is 6. The molecule has 3 amide bonds. The third kappa shape index (κ3) is 2.60. The van der Waals surface area contributed by atoms with Gasteiger partial charge in [-0.25, -0.2) is 9.78 Å². The second-order valence-electron chi connectivity index (χ2n) is 8.17. The lowest BCUT2D eigenvalue weighted by molar-refractivity contribution is -0.147. The molecule has 0 aromatic carbocycles. The van der Waals surface area contributed by atoms with E-state index in [1.807, 2.05) is 24.0 Å². The lowest BCUT2D eigenvalue weighted by Gasteiger charge is -2.51. The zero-order valence-corrected chi connectivity index (χ0v) is 16.1. The van der Waals surface area contributed by atoms with Crippen LogP contribution in [0.15, 0.2) is 16.5 Å². The number of nitrogens with one attached hydrogen (secondary N) is 1. The maximum atomic E-state index is 12.9. The molecule has 3 saturated heterocycles. The van der Waals surface area contributed by atoms with Gasteiger partial charge in [0.05, 0.1) is 5.54 Å². The van der Waals surface area contributed by atoms with Crippen LogP contribution in [0.2, 0.25) is 0 Å². The van der Waals surface area contributed by atoms with Gasteiger partial charge in [0.2, 0.25) is 11.6 Å². The summed E-state index contributed by atoms with van der Waals surface area (Å²) in [6.07, 6.45) is 1.56. The fourth-order valence-electron chi connectivity index (χ4n) is 4.45. The molecule has 1 N–H and O–H groups in total. The summed E-state index contributed by atoms with van der Waals surface area (Å²) in [5.74, 6) is 0.224. The highest BCUT2D eigenvalue weighted by molar-refractivity contribution is 5.83. The molecule has 5 rings (SSSR count). The number of likely N-dealkylation sites (tertiary alicyclic amines) is 1. The average Bonchev–Trinajstić information content (AvgIpc) is 3.21. The van der Waals surface area contributed by atoms with Gasteiger partial charge in [-0.3, -0.25) is 4.79 Å². The molecule has 3 aliphatic rings. The first-order valence-electron chi connectivity index (χ1n) is 9.75. The number of aromatic nitrogens is 2. The summed E-state index contributed by atoms with van der Waals surface area (Å²) in [6.45, 7) is 5.27. The van der Waals surface area contributed by atoms with Crippen molar-refractivity contribution >= 4 is 29.2 Å². The molecule has 2 aromatic heterocycles. The van der Waals surface area contributed by atoms with Crippen LogP contribution in [0.5, 0.6) is 0 Å². The molecule has 3 aliphatic heterocycles. The number of fused-ring (bicyclic) bond motifs is 1. The molecule has 0 aliphatic carbocycles. The molecule has 2 aromatic rings. The average molecular weight is 384 g/mol. The van der Waals surface area contributed by atoms with Crippen LogP contribution in [-0.4, -0.2) is 77.0 Å². The number of nitrogens with zero attached hydrogens (tertiary/aromatic N) is 5. The van der Waals surface area contributed by atoms with E-state index in [0.29, 0.717) is 36.9 Å². The summed E-state index contributed by atoms with van der Waals surface area (Å²) in [5, 5.41) is 2.86. The Hall–Kier alpha value is -2.84. The summed E-state index contributed by atoms with van der Waals surface area (Å²) >= 11 is 0. The van der Waals surface area contributed by atoms with E-state index in [9.17, 15) is 9.59 Å². The summed E-state index contributed by atoms with van der Waals surface area (Å²) in [7, 11) is 1.80. The molecule has 9 nitrogen and oxygen atoms in total.